The molecule has 0 unspecified atom stereocenters. The molecule has 5 nitrogen and oxygen atoms in total. The second-order valence-corrected chi connectivity index (χ2v) is 5.22. The van der Waals surface area contributed by atoms with Gasteiger partial charge in [0.25, 0.3) is 0 Å². The molecular formula is C16H18N2O3. The third kappa shape index (κ3) is 2.63. The molecule has 0 saturated heterocycles. The van der Waals surface area contributed by atoms with Crippen LogP contribution < -0.4 is 4.90 Å². The van der Waals surface area contributed by atoms with Gasteiger partial charge in [0, 0.05) is 12.2 Å². The highest BCUT2D eigenvalue weighted by molar-refractivity contribution is 5.93. The molecule has 0 aliphatic heterocycles. The zero-order valence-electron chi connectivity index (χ0n) is 12.0. The molecule has 5 heteroatoms. The van der Waals surface area contributed by atoms with Crippen LogP contribution in [-0.2, 0) is 19.4 Å². The number of aromatic nitrogens is 1. The van der Waals surface area contributed by atoms with E-state index in [1.807, 2.05) is 24.0 Å². The Kier molecular flexibility index (Phi) is 3.64. The second kappa shape index (κ2) is 5.60. The first-order chi connectivity index (χ1) is 10.2. The van der Waals surface area contributed by atoms with Crippen molar-refractivity contribution in [2.45, 2.75) is 32.7 Å². The molecule has 0 radical (unpaired) electrons. The predicted octanol–water partition coefficient (Wildman–Crippen LogP) is 2.89. The first-order valence-corrected chi connectivity index (χ1v) is 7.22. The SMILES string of the molecule is CCN(Cc1ccco1)c1nc2c(cc1C(=O)O)CCC2. The van der Waals surface area contributed by atoms with Crippen LogP contribution in [0, 0.1) is 0 Å². The standard InChI is InChI=1S/C16H18N2O3/c1-2-18(10-12-6-4-8-21-12)15-13(16(19)20)9-11-5-3-7-14(11)17-15/h4,6,8-9H,2-3,5,7,10H2,1H3,(H,19,20). The van der Waals surface area contributed by atoms with Crippen molar-refractivity contribution in [2.24, 2.45) is 0 Å². The lowest BCUT2D eigenvalue weighted by Crippen LogP contribution is -2.25. The zero-order chi connectivity index (χ0) is 14.8. The van der Waals surface area contributed by atoms with E-state index in [-0.39, 0.29) is 5.56 Å². The molecule has 2 heterocycles. The lowest BCUT2D eigenvalue weighted by Gasteiger charge is -2.23. The number of nitrogens with zero attached hydrogens (tertiary/aromatic N) is 2. The monoisotopic (exact) mass is 286 g/mol. The quantitative estimate of drug-likeness (QED) is 0.915. The van der Waals surface area contributed by atoms with Gasteiger partial charge in [-0.3, -0.25) is 0 Å². The van der Waals surface area contributed by atoms with Crippen molar-refractivity contribution in [1.82, 2.24) is 4.98 Å². The molecule has 0 spiro atoms. The van der Waals surface area contributed by atoms with E-state index in [4.69, 9.17) is 4.42 Å². The Labute approximate surface area is 123 Å². The average molecular weight is 286 g/mol. The lowest BCUT2D eigenvalue weighted by molar-refractivity contribution is 0.0697. The minimum atomic E-state index is -0.926. The van der Waals surface area contributed by atoms with Crippen molar-refractivity contribution in [1.29, 1.82) is 0 Å². The molecule has 0 amide bonds. The minimum Gasteiger partial charge on any atom is -0.478 e. The van der Waals surface area contributed by atoms with Gasteiger partial charge >= 0.3 is 5.97 Å². The number of aromatic carboxylic acids is 1. The van der Waals surface area contributed by atoms with E-state index in [2.05, 4.69) is 4.98 Å². The summed E-state index contributed by atoms with van der Waals surface area (Å²) in [4.78, 5) is 18.1. The van der Waals surface area contributed by atoms with Gasteiger partial charge in [0.2, 0.25) is 0 Å². The van der Waals surface area contributed by atoms with E-state index < -0.39 is 5.97 Å². The summed E-state index contributed by atoms with van der Waals surface area (Å²) in [5.41, 5.74) is 2.39. The van der Waals surface area contributed by atoms with E-state index >= 15 is 0 Å². The Bertz CT molecular complexity index is 650. The van der Waals surface area contributed by atoms with Crippen LogP contribution in [-0.4, -0.2) is 22.6 Å². The Morgan fingerprint density at radius 2 is 2.33 bits per heavy atom. The summed E-state index contributed by atoms with van der Waals surface area (Å²) in [7, 11) is 0. The number of hydrogen-bond donors (Lipinski definition) is 1. The Hall–Kier alpha value is -2.30. The van der Waals surface area contributed by atoms with Gasteiger partial charge in [-0.15, -0.1) is 0 Å². The maximum atomic E-state index is 11.6. The molecule has 0 fully saturated rings. The summed E-state index contributed by atoms with van der Waals surface area (Å²) < 4.78 is 5.36. The normalized spacial score (nSPS) is 13.2. The number of fused-ring (bicyclic) bond motifs is 1. The van der Waals surface area contributed by atoms with E-state index in [0.29, 0.717) is 18.9 Å². The lowest BCUT2D eigenvalue weighted by atomic mass is 10.1. The first kappa shape index (κ1) is 13.7. The van der Waals surface area contributed by atoms with Gasteiger partial charge in [-0.1, -0.05) is 0 Å². The van der Waals surface area contributed by atoms with Crippen molar-refractivity contribution in [2.75, 3.05) is 11.4 Å². The molecule has 21 heavy (non-hydrogen) atoms. The van der Waals surface area contributed by atoms with Crippen LogP contribution in [0.5, 0.6) is 0 Å². The molecule has 2 aromatic heterocycles. The van der Waals surface area contributed by atoms with Gasteiger partial charge in [-0.2, -0.15) is 0 Å². The molecule has 2 aromatic rings. The molecular weight excluding hydrogens is 268 g/mol. The van der Waals surface area contributed by atoms with Crippen LogP contribution in [0.3, 0.4) is 0 Å². The topological polar surface area (TPSA) is 66.6 Å². The third-order valence-electron chi connectivity index (χ3n) is 3.87. The summed E-state index contributed by atoms with van der Waals surface area (Å²) in [5, 5.41) is 9.48. The third-order valence-corrected chi connectivity index (χ3v) is 3.87. The highest BCUT2D eigenvalue weighted by atomic mass is 16.4. The maximum Gasteiger partial charge on any atom is 0.339 e. The molecule has 110 valence electrons. The van der Waals surface area contributed by atoms with Crippen molar-refractivity contribution >= 4 is 11.8 Å². The fourth-order valence-electron chi connectivity index (χ4n) is 2.79. The summed E-state index contributed by atoms with van der Waals surface area (Å²) in [6, 6.07) is 5.51. The number of carbonyl (C=O) groups is 1. The molecule has 1 aliphatic rings. The van der Waals surface area contributed by atoms with Crippen molar-refractivity contribution in [3.8, 4) is 0 Å². The van der Waals surface area contributed by atoms with E-state index in [0.717, 1.165) is 36.3 Å². The van der Waals surface area contributed by atoms with Crippen molar-refractivity contribution in [3.63, 3.8) is 0 Å². The Morgan fingerprint density at radius 3 is 3.00 bits per heavy atom. The number of carboxylic acid groups (broad SMARTS) is 1. The van der Waals surface area contributed by atoms with Crippen molar-refractivity contribution in [3.05, 3.63) is 47.0 Å². The molecule has 1 aliphatic carbocycles. The maximum absolute atomic E-state index is 11.6. The van der Waals surface area contributed by atoms with Crippen LogP contribution >= 0.6 is 0 Å². The van der Waals surface area contributed by atoms with E-state index in [9.17, 15) is 9.90 Å². The van der Waals surface area contributed by atoms with Crippen LogP contribution in [0.2, 0.25) is 0 Å². The fraction of sp³-hybridized carbons (Fsp3) is 0.375. The Morgan fingerprint density at radius 1 is 1.48 bits per heavy atom. The number of rotatable bonds is 5. The zero-order valence-corrected chi connectivity index (χ0v) is 12.0. The van der Waals surface area contributed by atoms with Crippen LogP contribution in [0.25, 0.3) is 0 Å². The average Bonchev–Trinajstić information content (AvgIpc) is 3.14. The number of hydrogen-bond acceptors (Lipinski definition) is 4. The molecule has 1 N–H and O–H groups in total. The number of pyridine rings is 1. The van der Waals surface area contributed by atoms with Crippen LogP contribution in [0.1, 0.15) is 40.7 Å². The van der Waals surface area contributed by atoms with Gasteiger partial charge in [-0.05, 0) is 49.9 Å². The fourth-order valence-corrected chi connectivity index (χ4v) is 2.79. The minimum absolute atomic E-state index is 0.282. The number of aryl methyl sites for hydroxylation is 2. The summed E-state index contributed by atoms with van der Waals surface area (Å²) in [6.07, 6.45) is 4.53. The molecule has 3 rings (SSSR count). The van der Waals surface area contributed by atoms with Gasteiger partial charge in [0.05, 0.1) is 12.8 Å². The van der Waals surface area contributed by atoms with Gasteiger partial charge < -0.3 is 14.4 Å². The molecule has 0 atom stereocenters. The summed E-state index contributed by atoms with van der Waals surface area (Å²) in [6.45, 7) is 3.19. The van der Waals surface area contributed by atoms with Crippen LogP contribution in [0.15, 0.2) is 28.9 Å². The van der Waals surface area contributed by atoms with Crippen molar-refractivity contribution < 1.29 is 14.3 Å². The van der Waals surface area contributed by atoms with E-state index in [1.165, 1.54) is 0 Å². The first-order valence-electron chi connectivity index (χ1n) is 7.22. The highest BCUT2D eigenvalue weighted by Gasteiger charge is 2.23. The smallest absolute Gasteiger partial charge is 0.339 e. The predicted molar refractivity (Wildman–Crippen MR) is 78.7 cm³/mol. The van der Waals surface area contributed by atoms with Crippen LogP contribution in [0.4, 0.5) is 5.82 Å². The molecule has 0 bridgehead atoms. The number of anilines is 1. The number of furan rings is 1. The van der Waals surface area contributed by atoms with E-state index in [1.54, 1.807) is 12.3 Å². The summed E-state index contributed by atoms with van der Waals surface area (Å²) in [5.74, 6) is 0.419. The molecule has 0 aromatic carbocycles. The van der Waals surface area contributed by atoms with Gasteiger partial charge in [0.1, 0.15) is 17.1 Å². The largest absolute Gasteiger partial charge is 0.478 e. The van der Waals surface area contributed by atoms with Gasteiger partial charge in [0.15, 0.2) is 0 Å². The number of carboxylic acids is 1. The second-order valence-electron chi connectivity index (χ2n) is 5.22. The Balaban J connectivity index is 2.00. The summed E-state index contributed by atoms with van der Waals surface area (Å²) >= 11 is 0. The van der Waals surface area contributed by atoms with Gasteiger partial charge in [-0.25, -0.2) is 9.78 Å². The highest BCUT2D eigenvalue weighted by Crippen LogP contribution is 2.28. The molecule has 0 saturated carbocycles.